The van der Waals surface area contributed by atoms with Crippen molar-refractivity contribution in [1.82, 2.24) is 9.78 Å². The zero-order valence-electron chi connectivity index (χ0n) is 16.5. The molecule has 0 amide bonds. The van der Waals surface area contributed by atoms with E-state index >= 15 is 0 Å². The second-order valence-electron chi connectivity index (χ2n) is 8.09. The Morgan fingerprint density at radius 3 is 2.66 bits per heavy atom. The van der Waals surface area contributed by atoms with E-state index in [1.54, 1.807) is 0 Å². The van der Waals surface area contributed by atoms with Gasteiger partial charge in [-0.2, -0.15) is 5.10 Å². The number of carbonyl (C=O) groups excluding carboxylic acids is 1. The van der Waals surface area contributed by atoms with Crippen LogP contribution < -0.4 is 0 Å². The number of fused-ring (bicyclic) bond motifs is 2. The van der Waals surface area contributed by atoms with E-state index in [2.05, 4.69) is 42.1 Å². The molecule has 2 aliphatic carbocycles. The summed E-state index contributed by atoms with van der Waals surface area (Å²) in [7, 11) is 0. The normalized spacial score (nSPS) is 20.2. The predicted octanol–water partition coefficient (Wildman–Crippen LogP) is 4.97. The van der Waals surface area contributed by atoms with Gasteiger partial charge in [0, 0.05) is 17.5 Å². The summed E-state index contributed by atoms with van der Waals surface area (Å²) >= 11 is 0. The van der Waals surface area contributed by atoms with Crippen molar-refractivity contribution in [2.75, 3.05) is 0 Å². The summed E-state index contributed by atoms with van der Waals surface area (Å²) in [5.74, 6) is 6.83. The Bertz CT molecular complexity index is 1190. The fourth-order valence-electron chi connectivity index (χ4n) is 4.43. The van der Waals surface area contributed by atoms with Crippen molar-refractivity contribution in [3.8, 4) is 17.5 Å². The highest BCUT2D eigenvalue weighted by molar-refractivity contribution is 5.91. The van der Waals surface area contributed by atoms with Gasteiger partial charge in [-0.15, -0.1) is 0 Å². The lowest BCUT2D eigenvalue weighted by Gasteiger charge is -2.37. The monoisotopic (exact) mass is 378 g/mol. The lowest BCUT2D eigenvalue weighted by Crippen LogP contribution is -2.37. The van der Waals surface area contributed by atoms with Gasteiger partial charge in [0.25, 0.3) is 0 Å². The highest BCUT2D eigenvalue weighted by Gasteiger charge is 2.42. The number of hydrogen-bond donors (Lipinski definition) is 0. The van der Waals surface area contributed by atoms with Crippen LogP contribution in [-0.2, 0) is 11.2 Å². The number of nitrogens with zero attached hydrogens (tertiary/aromatic N) is 2. The smallest absolute Gasteiger partial charge is 0.143 e. The van der Waals surface area contributed by atoms with Crippen LogP contribution in [0.4, 0.5) is 0 Å². The number of Topliss-reactive ketones (excluding diaryl/α,β-unsaturated/α-hetero) is 1. The summed E-state index contributed by atoms with van der Waals surface area (Å²) in [6.45, 7) is 2.10. The molecule has 0 N–H and O–H groups in total. The molecule has 1 heterocycles. The molecule has 29 heavy (non-hydrogen) atoms. The quantitative estimate of drug-likeness (QED) is 0.560. The van der Waals surface area contributed by atoms with Crippen LogP contribution in [0.2, 0.25) is 0 Å². The molecule has 0 bridgehead atoms. The molecule has 1 atom stereocenters. The first-order valence-corrected chi connectivity index (χ1v) is 10.1. The van der Waals surface area contributed by atoms with E-state index in [1.807, 2.05) is 53.3 Å². The molecule has 0 spiro atoms. The number of ketones is 1. The van der Waals surface area contributed by atoms with Gasteiger partial charge in [-0.1, -0.05) is 41.7 Å². The first-order chi connectivity index (χ1) is 14.1. The molecule has 1 unspecified atom stereocenters. The van der Waals surface area contributed by atoms with Crippen LogP contribution in [0.3, 0.4) is 0 Å². The summed E-state index contributed by atoms with van der Waals surface area (Å²) in [5.41, 5.74) is 6.10. The zero-order chi connectivity index (χ0) is 19.8. The van der Waals surface area contributed by atoms with E-state index in [-0.39, 0.29) is 5.41 Å². The lowest BCUT2D eigenvalue weighted by molar-refractivity contribution is -0.127. The van der Waals surface area contributed by atoms with Crippen molar-refractivity contribution in [1.29, 1.82) is 0 Å². The van der Waals surface area contributed by atoms with Crippen molar-refractivity contribution in [2.45, 2.75) is 32.6 Å². The molecule has 5 rings (SSSR count). The van der Waals surface area contributed by atoms with Gasteiger partial charge >= 0.3 is 0 Å². The Balaban J connectivity index is 1.51. The first kappa shape index (κ1) is 17.7. The van der Waals surface area contributed by atoms with Crippen molar-refractivity contribution < 1.29 is 4.79 Å². The molecule has 2 aromatic carbocycles. The van der Waals surface area contributed by atoms with Gasteiger partial charge in [0.05, 0.1) is 23.0 Å². The summed E-state index contributed by atoms with van der Waals surface area (Å²) in [5, 5.41) is 4.65. The maximum atomic E-state index is 12.6. The molecular weight excluding hydrogens is 356 g/mol. The Morgan fingerprint density at radius 1 is 1.00 bits per heavy atom. The summed E-state index contributed by atoms with van der Waals surface area (Å²) < 4.78 is 1.98. The van der Waals surface area contributed by atoms with Gasteiger partial charge in [0.15, 0.2) is 0 Å². The van der Waals surface area contributed by atoms with Crippen molar-refractivity contribution in [2.24, 2.45) is 5.41 Å². The van der Waals surface area contributed by atoms with Crippen LogP contribution in [0.15, 0.2) is 66.4 Å². The minimum Gasteiger partial charge on any atom is -0.299 e. The maximum absolute atomic E-state index is 12.6. The van der Waals surface area contributed by atoms with Crippen molar-refractivity contribution in [3.05, 3.63) is 88.8 Å². The standard InChI is InChI=1S/C26H22N2O/c1-26-17-21-18-27-28(24(21)16-22(26)10-6-12-25(26)29)23-11-5-9-20(15-23)14-13-19-7-3-2-4-8-19/h2-5,7-9,11,15-16,18H,6,10,12,17H2,1H3. The average molecular weight is 378 g/mol. The highest BCUT2D eigenvalue weighted by atomic mass is 16.1. The third-order valence-corrected chi connectivity index (χ3v) is 6.13. The number of aromatic nitrogens is 2. The third-order valence-electron chi connectivity index (χ3n) is 6.13. The molecule has 1 fully saturated rings. The minimum absolute atomic E-state index is 0.345. The summed E-state index contributed by atoms with van der Waals surface area (Å²) in [6, 6.07) is 18.2. The Kier molecular flexibility index (Phi) is 4.21. The Hall–Kier alpha value is -3.38. The second-order valence-corrected chi connectivity index (χ2v) is 8.09. The largest absolute Gasteiger partial charge is 0.299 e. The molecule has 2 aliphatic rings. The van der Waals surface area contributed by atoms with Crippen LogP contribution in [0.1, 0.15) is 48.6 Å². The number of allylic oxidation sites excluding steroid dienone is 1. The van der Waals surface area contributed by atoms with Crippen molar-refractivity contribution in [3.63, 3.8) is 0 Å². The van der Waals surface area contributed by atoms with Crippen LogP contribution >= 0.6 is 0 Å². The van der Waals surface area contributed by atoms with E-state index in [1.165, 1.54) is 5.57 Å². The van der Waals surface area contributed by atoms with Gasteiger partial charge in [0.2, 0.25) is 0 Å². The van der Waals surface area contributed by atoms with Gasteiger partial charge in [-0.05, 0) is 68.2 Å². The van der Waals surface area contributed by atoms with E-state index in [4.69, 9.17) is 0 Å². The van der Waals surface area contributed by atoms with E-state index in [9.17, 15) is 4.79 Å². The topological polar surface area (TPSA) is 34.9 Å². The SMILES string of the molecule is CC12Cc3cnn(-c4cccc(C#Cc5ccccc5)c4)c3C=C1CCCC2=O. The number of benzene rings is 2. The van der Waals surface area contributed by atoms with Gasteiger partial charge in [0.1, 0.15) is 5.78 Å². The van der Waals surface area contributed by atoms with Crippen molar-refractivity contribution >= 4 is 11.9 Å². The zero-order valence-corrected chi connectivity index (χ0v) is 16.5. The Labute approximate surface area is 171 Å². The number of hydrogen-bond acceptors (Lipinski definition) is 2. The van der Waals surface area contributed by atoms with Gasteiger partial charge in [-0.3, -0.25) is 4.79 Å². The fraction of sp³-hybridized carbons (Fsp3) is 0.231. The molecule has 1 saturated carbocycles. The van der Waals surface area contributed by atoms with Crippen LogP contribution in [0.5, 0.6) is 0 Å². The van der Waals surface area contributed by atoms with E-state index < -0.39 is 0 Å². The number of rotatable bonds is 1. The van der Waals surface area contributed by atoms with Crippen LogP contribution in [-0.4, -0.2) is 15.6 Å². The molecule has 3 nitrogen and oxygen atoms in total. The van der Waals surface area contributed by atoms with Crippen LogP contribution in [0.25, 0.3) is 11.8 Å². The third kappa shape index (κ3) is 3.11. The van der Waals surface area contributed by atoms with Gasteiger partial charge in [-0.25, -0.2) is 4.68 Å². The molecule has 3 heteroatoms. The molecule has 1 aromatic heterocycles. The van der Waals surface area contributed by atoms with Gasteiger partial charge < -0.3 is 0 Å². The molecule has 142 valence electrons. The average Bonchev–Trinajstić information content (AvgIpc) is 3.15. The van der Waals surface area contributed by atoms with Crippen LogP contribution in [0, 0.1) is 17.3 Å². The highest BCUT2D eigenvalue weighted by Crippen LogP contribution is 2.45. The number of carbonyl (C=O) groups is 1. The molecule has 0 saturated heterocycles. The summed E-state index contributed by atoms with van der Waals surface area (Å²) in [6.07, 6.45) is 7.51. The maximum Gasteiger partial charge on any atom is 0.143 e. The molecule has 0 aliphatic heterocycles. The molecule has 3 aromatic rings. The summed E-state index contributed by atoms with van der Waals surface area (Å²) in [4.78, 5) is 12.6. The molecular formula is C26H22N2O. The minimum atomic E-state index is -0.345. The lowest BCUT2D eigenvalue weighted by atomic mass is 9.65. The first-order valence-electron chi connectivity index (χ1n) is 10.1. The van der Waals surface area contributed by atoms with E-state index in [0.717, 1.165) is 47.3 Å². The Morgan fingerprint density at radius 2 is 1.79 bits per heavy atom. The predicted molar refractivity (Wildman–Crippen MR) is 115 cm³/mol. The second kappa shape index (κ2) is 6.90. The van der Waals surface area contributed by atoms with E-state index in [0.29, 0.717) is 12.2 Å². The molecule has 0 radical (unpaired) electrons. The fourth-order valence-corrected chi connectivity index (χ4v) is 4.43.